The largest absolute Gasteiger partial charge is 0.381 e. The molecule has 0 saturated heterocycles. The van der Waals surface area contributed by atoms with Gasteiger partial charge < -0.3 is 5.32 Å². The first kappa shape index (κ1) is 13.9. The highest BCUT2D eigenvalue weighted by Crippen LogP contribution is 2.27. The summed E-state index contributed by atoms with van der Waals surface area (Å²) in [5.41, 5.74) is 1.10. The van der Waals surface area contributed by atoms with E-state index in [2.05, 4.69) is 35.1 Å². The zero-order valence-corrected chi connectivity index (χ0v) is 12.2. The fourth-order valence-corrected chi connectivity index (χ4v) is 2.35. The summed E-state index contributed by atoms with van der Waals surface area (Å²) in [6, 6.07) is 6.40. The number of anilines is 1. The van der Waals surface area contributed by atoms with Crippen LogP contribution in [0.15, 0.2) is 22.7 Å². The van der Waals surface area contributed by atoms with Gasteiger partial charge in [0.2, 0.25) is 0 Å². The molecule has 0 atom stereocenters. The zero-order chi connectivity index (χ0) is 12.0. The average Bonchev–Trinajstić information content (AvgIpc) is 2.24. The minimum atomic E-state index is 0.546. The Balaban J connectivity index is 2.71. The maximum absolute atomic E-state index is 5.99. The molecule has 1 nitrogen and oxygen atoms in total. The van der Waals surface area contributed by atoms with Crippen LogP contribution in [0.5, 0.6) is 0 Å². The van der Waals surface area contributed by atoms with Gasteiger partial charge in [0.15, 0.2) is 0 Å². The van der Waals surface area contributed by atoms with E-state index in [1.165, 1.54) is 25.7 Å². The molecule has 0 aliphatic heterocycles. The van der Waals surface area contributed by atoms with E-state index < -0.39 is 0 Å². The van der Waals surface area contributed by atoms with Gasteiger partial charge in [0, 0.05) is 15.5 Å². The molecule has 0 spiro atoms. The SMILES string of the molecule is CCCC(CCC)Nc1cc(Cl)ccc1Br. The van der Waals surface area contributed by atoms with Crippen LogP contribution in [0.2, 0.25) is 5.02 Å². The van der Waals surface area contributed by atoms with E-state index in [-0.39, 0.29) is 0 Å². The third-order valence-corrected chi connectivity index (χ3v) is 3.49. The van der Waals surface area contributed by atoms with Crippen molar-refractivity contribution in [2.75, 3.05) is 5.32 Å². The second-order valence-corrected chi connectivity index (χ2v) is 5.33. The molecule has 90 valence electrons. The molecule has 0 radical (unpaired) electrons. The maximum Gasteiger partial charge on any atom is 0.0501 e. The van der Waals surface area contributed by atoms with Crippen molar-refractivity contribution < 1.29 is 0 Å². The van der Waals surface area contributed by atoms with Crippen LogP contribution in [0.3, 0.4) is 0 Å². The maximum atomic E-state index is 5.99. The minimum Gasteiger partial charge on any atom is -0.381 e. The zero-order valence-electron chi connectivity index (χ0n) is 9.89. The summed E-state index contributed by atoms with van der Waals surface area (Å²) in [5, 5.41) is 4.33. The Morgan fingerprint density at radius 3 is 2.44 bits per heavy atom. The number of hydrogen-bond donors (Lipinski definition) is 1. The Morgan fingerprint density at radius 2 is 1.88 bits per heavy atom. The van der Waals surface area contributed by atoms with Crippen molar-refractivity contribution in [1.29, 1.82) is 0 Å². The molecule has 16 heavy (non-hydrogen) atoms. The van der Waals surface area contributed by atoms with Gasteiger partial charge >= 0.3 is 0 Å². The van der Waals surface area contributed by atoms with E-state index in [0.29, 0.717) is 6.04 Å². The summed E-state index contributed by atoms with van der Waals surface area (Å²) >= 11 is 9.53. The topological polar surface area (TPSA) is 12.0 Å². The molecule has 0 bridgehead atoms. The van der Waals surface area contributed by atoms with Crippen LogP contribution in [-0.2, 0) is 0 Å². The van der Waals surface area contributed by atoms with Crippen molar-refractivity contribution in [3.63, 3.8) is 0 Å². The molecule has 0 aliphatic rings. The van der Waals surface area contributed by atoms with Gasteiger partial charge in [-0.3, -0.25) is 0 Å². The molecule has 0 unspecified atom stereocenters. The third-order valence-electron chi connectivity index (χ3n) is 2.56. The molecule has 1 N–H and O–H groups in total. The summed E-state index contributed by atoms with van der Waals surface area (Å²) in [4.78, 5) is 0. The molecular formula is C13H19BrClN. The van der Waals surface area contributed by atoms with Crippen molar-refractivity contribution in [3.8, 4) is 0 Å². The van der Waals surface area contributed by atoms with Gasteiger partial charge in [-0.1, -0.05) is 38.3 Å². The highest BCUT2D eigenvalue weighted by atomic mass is 79.9. The van der Waals surface area contributed by atoms with Gasteiger partial charge in [0.1, 0.15) is 0 Å². The molecular weight excluding hydrogens is 286 g/mol. The van der Waals surface area contributed by atoms with Crippen LogP contribution in [0.1, 0.15) is 39.5 Å². The lowest BCUT2D eigenvalue weighted by Gasteiger charge is -2.19. The average molecular weight is 305 g/mol. The molecule has 0 aliphatic carbocycles. The molecule has 1 aromatic rings. The van der Waals surface area contributed by atoms with Crippen LogP contribution in [0, 0.1) is 0 Å². The molecule has 1 aromatic carbocycles. The fourth-order valence-electron chi connectivity index (χ4n) is 1.81. The summed E-state index contributed by atoms with van der Waals surface area (Å²) in [5.74, 6) is 0. The molecule has 0 saturated carbocycles. The summed E-state index contributed by atoms with van der Waals surface area (Å²) in [6.07, 6.45) is 4.81. The monoisotopic (exact) mass is 303 g/mol. The first-order valence-corrected chi connectivity index (χ1v) is 7.06. The predicted molar refractivity (Wildman–Crippen MR) is 76.4 cm³/mol. The Hall–Kier alpha value is -0.210. The number of nitrogens with one attached hydrogen (secondary N) is 1. The van der Waals surface area contributed by atoms with Crippen LogP contribution >= 0.6 is 27.5 Å². The first-order chi connectivity index (χ1) is 7.67. The van der Waals surface area contributed by atoms with Gasteiger partial charge in [-0.2, -0.15) is 0 Å². The van der Waals surface area contributed by atoms with Gasteiger partial charge in [-0.05, 0) is 47.0 Å². The van der Waals surface area contributed by atoms with E-state index in [1.807, 2.05) is 18.2 Å². The smallest absolute Gasteiger partial charge is 0.0501 e. The van der Waals surface area contributed by atoms with Gasteiger partial charge in [0.05, 0.1) is 5.69 Å². The summed E-state index contributed by atoms with van der Waals surface area (Å²) < 4.78 is 1.08. The van der Waals surface area contributed by atoms with E-state index in [4.69, 9.17) is 11.6 Å². The molecule has 0 heterocycles. The lowest BCUT2D eigenvalue weighted by molar-refractivity contribution is 0.586. The number of hydrogen-bond acceptors (Lipinski definition) is 1. The lowest BCUT2D eigenvalue weighted by Crippen LogP contribution is -2.19. The normalized spacial score (nSPS) is 10.8. The van der Waals surface area contributed by atoms with Crippen LogP contribution in [-0.4, -0.2) is 6.04 Å². The van der Waals surface area contributed by atoms with E-state index >= 15 is 0 Å². The molecule has 0 aromatic heterocycles. The lowest BCUT2D eigenvalue weighted by atomic mass is 10.1. The Labute approximate surface area is 112 Å². The standard InChI is InChI=1S/C13H19BrClN/c1-3-5-11(6-4-2)16-13-9-10(15)7-8-12(13)14/h7-9,11,16H,3-6H2,1-2H3. The molecule has 3 heteroatoms. The highest BCUT2D eigenvalue weighted by molar-refractivity contribution is 9.10. The van der Waals surface area contributed by atoms with Crippen LogP contribution < -0.4 is 5.32 Å². The Bertz CT molecular complexity index is 322. The fraction of sp³-hybridized carbons (Fsp3) is 0.538. The van der Waals surface area contributed by atoms with E-state index in [9.17, 15) is 0 Å². The van der Waals surface area contributed by atoms with Gasteiger partial charge in [-0.15, -0.1) is 0 Å². The quantitative estimate of drug-likeness (QED) is 0.733. The second kappa shape index (κ2) is 7.18. The van der Waals surface area contributed by atoms with Crippen molar-refractivity contribution in [3.05, 3.63) is 27.7 Å². The molecule has 0 fully saturated rings. The summed E-state index contributed by atoms with van der Waals surface area (Å²) in [7, 11) is 0. The Kier molecular flexibility index (Phi) is 6.22. The molecule has 0 amide bonds. The van der Waals surface area contributed by atoms with Crippen molar-refractivity contribution in [1.82, 2.24) is 0 Å². The highest BCUT2D eigenvalue weighted by Gasteiger charge is 2.08. The number of benzene rings is 1. The number of halogens is 2. The van der Waals surface area contributed by atoms with Crippen molar-refractivity contribution >= 4 is 33.2 Å². The third kappa shape index (κ3) is 4.34. The predicted octanol–water partition coefficient (Wildman–Crippen LogP) is 5.48. The summed E-state index contributed by atoms with van der Waals surface area (Å²) in [6.45, 7) is 4.44. The van der Waals surface area contributed by atoms with E-state index in [0.717, 1.165) is 15.2 Å². The second-order valence-electron chi connectivity index (χ2n) is 4.04. The minimum absolute atomic E-state index is 0.546. The van der Waals surface area contributed by atoms with Crippen LogP contribution in [0.4, 0.5) is 5.69 Å². The van der Waals surface area contributed by atoms with Gasteiger partial charge in [-0.25, -0.2) is 0 Å². The first-order valence-electron chi connectivity index (χ1n) is 5.89. The van der Waals surface area contributed by atoms with Crippen molar-refractivity contribution in [2.45, 2.75) is 45.6 Å². The Morgan fingerprint density at radius 1 is 1.25 bits per heavy atom. The van der Waals surface area contributed by atoms with Crippen LogP contribution in [0.25, 0.3) is 0 Å². The number of rotatable bonds is 6. The van der Waals surface area contributed by atoms with E-state index in [1.54, 1.807) is 0 Å². The van der Waals surface area contributed by atoms with Crippen molar-refractivity contribution in [2.24, 2.45) is 0 Å². The molecule has 1 rings (SSSR count). The van der Waals surface area contributed by atoms with Gasteiger partial charge in [0.25, 0.3) is 0 Å².